The normalized spacial score (nSPS) is 10.3. The summed E-state index contributed by atoms with van der Waals surface area (Å²) >= 11 is 0. The summed E-state index contributed by atoms with van der Waals surface area (Å²) in [7, 11) is 1.33. The van der Waals surface area contributed by atoms with Crippen molar-refractivity contribution in [2.24, 2.45) is 0 Å². The first-order valence-electron chi connectivity index (χ1n) is 7.34. The highest BCUT2D eigenvalue weighted by Crippen LogP contribution is 2.18. The van der Waals surface area contributed by atoms with Gasteiger partial charge in [0, 0.05) is 5.56 Å². The second-order valence-corrected chi connectivity index (χ2v) is 5.50. The van der Waals surface area contributed by atoms with Crippen LogP contribution in [0, 0.1) is 20.8 Å². The molecular weight excluding hydrogens is 292 g/mol. The molecule has 0 atom stereocenters. The summed E-state index contributed by atoms with van der Waals surface area (Å²) in [5, 5.41) is 0. The van der Waals surface area contributed by atoms with Gasteiger partial charge in [0.05, 0.1) is 12.7 Å². The van der Waals surface area contributed by atoms with Gasteiger partial charge in [0.2, 0.25) is 5.78 Å². The van der Waals surface area contributed by atoms with Crippen molar-refractivity contribution >= 4 is 11.8 Å². The second-order valence-electron chi connectivity index (χ2n) is 5.50. The summed E-state index contributed by atoms with van der Waals surface area (Å²) in [6, 6.07) is 10.5. The highest BCUT2D eigenvalue weighted by Gasteiger charge is 2.14. The minimum absolute atomic E-state index is 0.0394. The third-order valence-electron chi connectivity index (χ3n) is 3.60. The highest BCUT2D eigenvalue weighted by molar-refractivity contribution is 6.00. The molecule has 2 rings (SSSR count). The number of Topliss-reactive ketones (excluding diaryl/α,β-unsaturated/α-hetero) is 1. The second kappa shape index (κ2) is 7.09. The third-order valence-corrected chi connectivity index (χ3v) is 3.60. The number of aryl methyl sites for hydroxylation is 3. The van der Waals surface area contributed by atoms with Gasteiger partial charge in [0.15, 0.2) is 6.61 Å². The maximum atomic E-state index is 12.4. The lowest BCUT2D eigenvalue weighted by Crippen LogP contribution is -2.14. The zero-order valence-corrected chi connectivity index (χ0v) is 13.8. The molecule has 2 aromatic carbocycles. The number of benzene rings is 2. The zero-order valence-electron chi connectivity index (χ0n) is 13.8. The fourth-order valence-corrected chi connectivity index (χ4v) is 2.65. The van der Waals surface area contributed by atoms with Gasteiger partial charge in [-0.05, 0) is 56.2 Å². The summed E-state index contributed by atoms with van der Waals surface area (Å²) < 4.78 is 10.2. The summed E-state index contributed by atoms with van der Waals surface area (Å²) in [6.07, 6.45) is 0. The standard InChI is InChI=1S/C19H20O4/c1-12-9-13(2)18(14(3)10-12)17(20)11-23-16-7-5-15(6-8-16)19(21)22-4/h5-10H,11H2,1-4H3. The third kappa shape index (κ3) is 3.97. The predicted octanol–water partition coefficient (Wildman–Crippen LogP) is 3.66. The first-order chi connectivity index (χ1) is 10.9. The van der Waals surface area contributed by atoms with E-state index in [1.807, 2.05) is 32.9 Å². The first-order valence-corrected chi connectivity index (χ1v) is 7.34. The van der Waals surface area contributed by atoms with E-state index in [0.717, 1.165) is 16.7 Å². The molecule has 23 heavy (non-hydrogen) atoms. The van der Waals surface area contributed by atoms with E-state index in [-0.39, 0.29) is 12.4 Å². The molecule has 0 saturated carbocycles. The number of rotatable bonds is 5. The summed E-state index contributed by atoms with van der Waals surface area (Å²) in [5.74, 6) is 0.0731. The Morgan fingerprint density at radius 2 is 1.52 bits per heavy atom. The highest BCUT2D eigenvalue weighted by atomic mass is 16.5. The van der Waals surface area contributed by atoms with Crippen LogP contribution in [0.3, 0.4) is 0 Å². The van der Waals surface area contributed by atoms with E-state index in [2.05, 4.69) is 4.74 Å². The largest absolute Gasteiger partial charge is 0.485 e. The van der Waals surface area contributed by atoms with Crippen molar-refractivity contribution in [2.75, 3.05) is 13.7 Å². The van der Waals surface area contributed by atoms with Crippen LogP contribution >= 0.6 is 0 Å². The van der Waals surface area contributed by atoms with Gasteiger partial charge in [-0.3, -0.25) is 4.79 Å². The topological polar surface area (TPSA) is 52.6 Å². The van der Waals surface area contributed by atoms with Crippen LogP contribution in [-0.2, 0) is 4.74 Å². The number of methoxy groups -OCH3 is 1. The Morgan fingerprint density at radius 1 is 0.957 bits per heavy atom. The van der Waals surface area contributed by atoms with Crippen LogP contribution in [0.4, 0.5) is 0 Å². The Kier molecular flexibility index (Phi) is 5.16. The van der Waals surface area contributed by atoms with E-state index in [4.69, 9.17) is 4.74 Å². The number of carbonyl (C=O) groups excluding carboxylic acids is 2. The fourth-order valence-electron chi connectivity index (χ4n) is 2.65. The number of ketones is 1. The molecule has 4 heteroatoms. The molecule has 0 aromatic heterocycles. The fraction of sp³-hybridized carbons (Fsp3) is 0.263. The average molecular weight is 312 g/mol. The van der Waals surface area contributed by atoms with Gasteiger partial charge in [0.25, 0.3) is 0 Å². The van der Waals surface area contributed by atoms with Crippen molar-refractivity contribution in [1.82, 2.24) is 0 Å². The van der Waals surface area contributed by atoms with Crippen molar-refractivity contribution in [3.8, 4) is 5.75 Å². The number of hydrogen-bond donors (Lipinski definition) is 0. The Morgan fingerprint density at radius 3 is 2.04 bits per heavy atom. The molecule has 0 fully saturated rings. The van der Waals surface area contributed by atoms with Crippen molar-refractivity contribution in [2.45, 2.75) is 20.8 Å². The van der Waals surface area contributed by atoms with Gasteiger partial charge in [-0.15, -0.1) is 0 Å². The van der Waals surface area contributed by atoms with Gasteiger partial charge in [-0.25, -0.2) is 4.79 Å². The van der Waals surface area contributed by atoms with Crippen LogP contribution in [-0.4, -0.2) is 25.5 Å². The maximum absolute atomic E-state index is 12.4. The molecule has 0 aliphatic heterocycles. The molecule has 4 nitrogen and oxygen atoms in total. The first kappa shape index (κ1) is 16.7. The van der Waals surface area contributed by atoms with E-state index in [1.54, 1.807) is 24.3 Å². The summed E-state index contributed by atoms with van der Waals surface area (Å²) in [6.45, 7) is 5.83. The number of hydrogen-bond acceptors (Lipinski definition) is 4. The van der Waals surface area contributed by atoms with Crippen LogP contribution < -0.4 is 4.74 Å². The Labute approximate surface area is 136 Å². The molecule has 0 amide bonds. The summed E-state index contributed by atoms with van der Waals surface area (Å²) in [5.41, 5.74) is 4.20. The molecule has 0 aliphatic carbocycles. The predicted molar refractivity (Wildman–Crippen MR) is 88.3 cm³/mol. The monoisotopic (exact) mass is 312 g/mol. The molecule has 0 heterocycles. The number of ether oxygens (including phenoxy) is 2. The van der Waals surface area contributed by atoms with Crippen LogP contribution in [0.1, 0.15) is 37.4 Å². The Balaban J connectivity index is 2.06. The number of carbonyl (C=O) groups is 2. The van der Waals surface area contributed by atoms with Crippen LogP contribution in [0.2, 0.25) is 0 Å². The molecule has 2 aromatic rings. The van der Waals surface area contributed by atoms with E-state index in [0.29, 0.717) is 16.9 Å². The Hall–Kier alpha value is -2.62. The molecule has 0 aliphatic rings. The van der Waals surface area contributed by atoms with Gasteiger partial charge in [-0.1, -0.05) is 17.7 Å². The minimum atomic E-state index is -0.404. The van der Waals surface area contributed by atoms with E-state index < -0.39 is 5.97 Å². The van der Waals surface area contributed by atoms with Crippen molar-refractivity contribution < 1.29 is 19.1 Å². The van der Waals surface area contributed by atoms with E-state index >= 15 is 0 Å². The SMILES string of the molecule is COC(=O)c1ccc(OCC(=O)c2c(C)cc(C)cc2C)cc1. The molecular formula is C19H20O4. The van der Waals surface area contributed by atoms with Gasteiger partial charge in [0.1, 0.15) is 5.75 Å². The van der Waals surface area contributed by atoms with Crippen molar-refractivity contribution in [3.63, 3.8) is 0 Å². The molecule has 0 N–H and O–H groups in total. The number of esters is 1. The zero-order chi connectivity index (χ0) is 17.0. The molecule has 0 spiro atoms. The van der Waals surface area contributed by atoms with E-state index in [9.17, 15) is 9.59 Å². The molecule has 120 valence electrons. The molecule has 0 saturated heterocycles. The average Bonchev–Trinajstić information content (AvgIpc) is 2.51. The van der Waals surface area contributed by atoms with Crippen molar-refractivity contribution in [1.29, 1.82) is 0 Å². The van der Waals surface area contributed by atoms with Gasteiger partial charge in [-0.2, -0.15) is 0 Å². The minimum Gasteiger partial charge on any atom is -0.485 e. The van der Waals surface area contributed by atoms with Crippen LogP contribution in [0.15, 0.2) is 36.4 Å². The lowest BCUT2D eigenvalue weighted by atomic mass is 9.97. The van der Waals surface area contributed by atoms with Crippen LogP contribution in [0.5, 0.6) is 5.75 Å². The van der Waals surface area contributed by atoms with E-state index in [1.165, 1.54) is 7.11 Å². The smallest absolute Gasteiger partial charge is 0.337 e. The van der Waals surface area contributed by atoms with Crippen LogP contribution in [0.25, 0.3) is 0 Å². The van der Waals surface area contributed by atoms with Gasteiger partial charge >= 0.3 is 5.97 Å². The lowest BCUT2D eigenvalue weighted by molar-refractivity contribution is 0.0600. The van der Waals surface area contributed by atoms with Gasteiger partial charge < -0.3 is 9.47 Å². The molecule has 0 radical (unpaired) electrons. The van der Waals surface area contributed by atoms with Crippen molar-refractivity contribution in [3.05, 3.63) is 64.2 Å². The Bertz CT molecular complexity index is 707. The quantitative estimate of drug-likeness (QED) is 0.624. The summed E-state index contributed by atoms with van der Waals surface area (Å²) in [4.78, 5) is 23.8. The maximum Gasteiger partial charge on any atom is 0.337 e. The molecule has 0 unspecified atom stereocenters. The molecule has 0 bridgehead atoms. The lowest BCUT2D eigenvalue weighted by Gasteiger charge is -2.11.